The monoisotopic (exact) mass is 193 g/mol. The van der Waals surface area contributed by atoms with Crippen LogP contribution in [0.2, 0.25) is 0 Å². The van der Waals surface area contributed by atoms with Gasteiger partial charge in [-0.05, 0) is 18.4 Å². The largest absolute Gasteiger partial charge is 0.303 e. The van der Waals surface area contributed by atoms with Crippen molar-refractivity contribution in [2.24, 2.45) is 0 Å². The van der Waals surface area contributed by atoms with Crippen LogP contribution >= 0.6 is 0 Å². The topological polar surface area (TPSA) is 42.2 Å². The molecule has 1 aliphatic heterocycles. The van der Waals surface area contributed by atoms with Crippen molar-refractivity contribution in [3.63, 3.8) is 0 Å². The van der Waals surface area contributed by atoms with E-state index >= 15 is 0 Å². The molecule has 14 heavy (non-hydrogen) atoms. The number of hydrogen-bond donors (Lipinski definition) is 1. The van der Waals surface area contributed by atoms with Gasteiger partial charge in [0.2, 0.25) is 11.9 Å². The van der Waals surface area contributed by atoms with E-state index in [1.807, 2.05) is 16.9 Å². The Balaban J connectivity index is 2.01. The van der Waals surface area contributed by atoms with Crippen molar-refractivity contribution in [3.8, 4) is 0 Å². The molecule has 2 heterocycles. The molecule has 0 spiro atoms. The molecule has 4 nitrogen and oxygen atoms in total. The van der Waals surface area contributed by atoms with Crippen LogP contribution in [0, 0.1) is 0 Å². The minimum Gasteiger partial charge on any atom is -0.303 e. The first-order chi connectivity index (χ1) is 6.90. The molecule has 0 aromatic carbocycles. The number of aldehydes is 1. The number of carbonyl (C=O) groups excluding carboxylic acids is 1. The number of rotatable bonds is 4. The van der Waals surface area contributed by atoms with Gasteiger partial charge in [-0.3, -0.25) is 0 Å². The first-order valence-electron chi connectivity index (χ1n) is 4.75. The molecule has 0 saturated heterocycles. The highest BCUT2D eigenvalue weighted by Gasteiger charge is 2.18. The van der Waals surface area contributed by atoms with Gasteiger partial charge >= 0.3 is 0 Å². The molecular weight excluding hydrogens is 180 g/mol. The van der Waals surface area contributed by atoms with Crippen LogP contribution in [0.5, 0.6) is 0 Å². The third kappa shape index (κ3) is 1.90. The van der Waals surface area contributed by atoms with E-state index in [0.717, 1.165) is 24.8 Å². The van der Waals surface area contributed by atoms with Crippen LogP contribution in [0.1, 0.15) is 24.1 Å². The molecule has 0 unspecified atom stereocenters. The molecule has 74 valence electrons. The Morgan fingerprint density at radius 3 is 3.43 bits per heavy atom. The van der Waals surface area contributed by atoms with Crippen LogP contribution in [0.4, 0.5) is 0 Å². The number of pyridine rings is 1. The quantitative estimate of drug-likeness (QED) is 0.430. The van der Waals surface area contributed by atoms with Gasteiger partial charge < -0.3 is 4.79 Å². The lowest BCUT2D eigenvalue weighted by Gasteiger charge is -1.97. The van der Waals surface area contributed by atoms with Gasteiger partial charge in [-0.1, -0.05) is 10.3 Å². The number of fused-ring (bicyclic) bond motifs is 1. The second-order valence-electron chi connectivity index (χ2n) is 3.34. The van der Waals surface area contributed by atoms with Gasteiger partial charge in [-0.2, -0.15) is 0 Å². The van der Waals surface area contributed by atoms with E-state index < -0.39 is 0 Å². The number of nitrogens with one attached hydrogen (secondary N) is 1. The van der Waals surface area contributed by atoms with Gasteiger partial charge in [-0.15, -0.1) is 0 Å². The summed E-state index contributed by atoms with van der Waals surface area (Å²) in [6.07, 6.45) is 5.41. The van der Waals surface area contributed by atoms with Crippen molar-refractivity contribution in [1.82, 2.24) is 0 Å². The van der Waals surface area contributed by atoms with Crippen LogP contribution in [-0.4, -0.2) is 6.29 Å². The smallest absolute Gasteiger partial charge is 0.242 e. The summed E-state index contributed by atoms with van der Waals surface area (Å²) in [7, 11) is 0. The van der Waals surface area contributed by atoms with Gasteiger partial charge in [0.25, 0.3) is 0 Å². The van der Waals surface area contributed by atoms with E-state index in [9.17, 15) is 4.79 Å². The zero-order valence-corrected chi connectivity index (χ0v) is 7.90. The lowest BCUT2D eigenvalue weighted by atomic mass is 10.1. The lowest BCUT2D eigenvalue weighted by molar-refractivity contribution is -0.664. The molecule has 0 bridgehead atoms. The summed E-state index contributed by atoms with van der Waals surface area (Å²) in [6, 6.07) is 4.14. The maximum absolute atomic E-state index is 10.1. The molecule has 0 saturated carbocycles. The zero-order chi connectivity index (χ0) is 9.80. The normalized spacial score (nSPS) is 13.4. The fourth-order valence-corrected chi connectivity index (χ4v) is 1.52. The Labute approximate surface area is 82.4 Å². The molecule has 1 aliphatic rings. The van der Waals surface area contributed by atoms with E-state index in [-0.39, 0.29) is 0 Å². The Morgan fingerprint density at radius 2 is 2.57 bits per heavy atom. The second-order valence-corrected chi connectivity index (χ2v) is 3.34. The lowest BCUT2D eigenvalue weighted by Crippen LogP contribution is -2.41. The van der Waals surface area contributed by atoms with Crippen molar-refractivity contribution in [2.45, 2.75) is 25.9 Å². The Hall–Kier alpha value is -1.42. The number of aromatic nitrogens is 1. The first kappa shape index (κ1) is 9.15. The van der Waals surface area contributed by atoms with Gasteiger partial charge in [0.1, 0.15) is 6.29 Å². The van der Waals surface area contributed by atoms with Crippen LogP contribution < -0.4 is 10.3 Å². The van der Waals surface area contributed by atoms with Crippen molar-refractivity contribution < 1.29 is 14.3 Å². The summed E-state index contributed by atoms with van der Waals surface area (Å²) in [5.74, 6) is 0. The van der Waals surface area contributed by atoms with Crippen LogP contribution in [0.15, 0.2) is 18.3 Å². The molecule has 1 aromatic heterocycles. The van der Waals surface area contributed by atoms with E-state index in [4.69, 9.17) is 4.84 Å². The summed E-state index contributed by atoms with van der Waals surface area (Å²) >= 11 is 0. The Morgan fingerprint density at radius 1 is 1.64 bits per heavy atom. The molecule has 4 heteroatoms. The molecule has 1 N–H and O–H groups in total. The Kier molecular flexibility index (Phi) is 2.74. The van der Waals surface area contributed by atoms with Gasteiger partial charge in [0.05, 0.1) is 0 Å². The molecule has 0 atom stereocenters. The third-order valence-electron chi connectivity index (χ3n) is 2.27. The SMILES string of the molecule is O=CCCCc1cc[n+]2c(c1)CON2. The number of nitrogens with zero attached hydrogens (tertiary/aromatic N) is 1. The third-order valence-corrected chi connectivity index (χ3v) is 2.27. The Bertz CT molecular complexity index is 339. The predicted molar refractivity (Wildman–Crippen MR) is 49.8 cm³/mol. The fraction of sp³-hybridized carbons (Fsp3) is 0.400. The minimum absolute atomic E-state index is 0.599. The summed E-state index contributed by atoms with van der Waals surface area (Å²) in [6.45, 7) is 0.599. The highest BCUT2D eigenvalue weighted by atomic mass is 16.7. The van der Waals surface area contributed by atoms with E-state index in [1.54, 1.807) is 0 Å². The number of aryl methyl sites for hydroxylation is 1. The van der Waals surface area contributed by atoms with Crippen LogP contribution in [0.25, 0.3) is 0 Å². The highest BCUT2D eigenvalue weighted by Crippen LogP contribution is 2.07. The molecule has 2 rings (SSSR count). The zero-order valence-electron chi connectivity index (χ0n) is 7.90. The van der Waals surface area contributed by atoms with Crippen molar-refractivity contribution >= 4 is 6.29 Å². The molecular formula is C10H13N2O2+. The molecule has 0 radical (unpaired) electrons. The predicted octanol–water partition coefficient (Wildman–Crippen LogP) is 0.484. The van der Waals surface area contributed by atoms with Crippen molar-refractivity contribution in [1.29, 1.82) is 0 Å². The van der Waals surface area contributed by atoms with E-state index in [1.165, 1.54) is 5.56 Å². The molecule has 0 fully saturated rings. The average molecular weight is 193 g/mol. The fourth-order valence-electron chi connectivity index (χ4n) is 1.52. The maximum atomic E-state index is 10.1. The first-order valence-corrected chi connectivity index (χ1v) is 4.75. The second kappa shape index (κ2) is 4.19. The summed E-state index contributed by atoms with van der Waals surface area (Å²) in [5, 5.41) is 0. The number of carbonyl (C=O) groups is 1. The van der Waals surface area contributed by atoms with Crippen LogP contribution in [-0.2, 0) is 22.7 Å². The summed E-state index contributed by atoms with van der Waals surface area (Å²) in [4.78, 5) is 15.2. The summed E-state index contributed by atoms with van der Waals surface area (Å²) < 4.78 is 1.85. The average Bonchev–Trinajstić information content (AvgIpc) is 2.65. The van der Waals surface area contributed by atoms with Gasteiger partial charge in [0, 0.05) is 18.6 Å². The molecule has 0 aliphatic carbocycles. The molecule has 1 aromatic rings. The maximum Gasteiger partial charge on any atom is 0.242 e. The van der Waals surface area contributed by atoms with Crippen molar-refractivity contribution in [3.05, 3.63) is 29.6 Å². The number of hydrogen-bond acceptors (Lipinski definition) is 3. The highest BCUT2D eigenvalue weighted by molar-refractivity contribution is 5.49. The van der Waals surface area contributed by atoms with Crippen molar-refractivity contribution in [2.75, 3.05) is 5.59 Å². The van der Waals surface area contributed by atoms with Gasteiger partial charge in [-0.25, -0.2) is 4.84 Å². The molecule has 0 amide bonds. The summed E-state index contributed by atoms with van der Waals surface area (Å²) in [5.41, 5.74) is 5.13. The standard InChI is InChI=1S/C10H13N2O2/c13-6-2-1-3-9-4-5-12-10(7-9)8-14-11-12/h4-7,11H,1-3,8H2/q+1. The van der Waals surface area contributed by atoms with E-state index in [2.05, 4.69) is 11.7 Å². The number of unbranched alkanes of at least 4 members (excludes halogenated alkanes) is 1. The van der Waals surface area contributed by atoms with Gasteiger partial charge in [0.15, 0.2) is 6.61 Å². The van der Waals surface area contributed by atoms with E-state index in [0.29, 0.717) is 13.0 Å². The minimum atomic E-state index is 0.599. The van der Waals surface area contributed by atoms with Crippen LogP contribution in [0.3, 0.4) is 0 Å².